The largest absolute Gasteiger partial charge is 0.477 e. The number of para-hydroxylation sites is 2. The third kappa shape index (κ3) is 3.77. The van der Waals surface area contributed by atoms with Crippen LogP contribution in [-0.4, -0.2) is 31.0 Å². The fraction of sp³-hybridized carbons (Fsp3) is 0.263. The number of hydrogen-bond donors (Lipinski definition) is 1. The van der Waals surface area contributed by atoms with Gasteiger partial charge in [0.1, 0.15) is 5.75 Å². The molecular formula is C19H19ClN2O3. The average molecular weight is 359 g/mol. The van der Waals surface area contributed by atoms with Crippen LogP contribution < -0.4 is 15.0 Å². The molecule has 2 aromatic rings. The first-order chi connectivity index (χ1) is 12.1. The van der Waals surface area contributed by atoms with Gasteiger partial charge in [0.05, 0.1) is 12.2 Å². The molecule has 0 spiro atoms. The standard InChI is InChI=1S/C19H19ClN2O3/c1-2-11-21-18(23)17-12-22(15-5-3-4-6-16(15)25-17)19(24)13-7-9-14(20)10-8-13/h3-10,17H,2,11-12H2,1H3,(H,21,23)/t17-/m1/s1. The Kier molecular flexibility index (Phi) is 5.24. The van der Waals surface area contributed by atoms with Gasteiger partial charge in [-0.05, 0) is 42.8 Å². The third-order valence-electron chi connectivity index (χ3n) is 3.95. The zero-order chi connectivity index (χ0) is 17.8. The Labute approximate surface area is 151 Å². The van der Waals surface area contributed by atoms with Crippen molar-refractivity contribution < 1.29 is 14.3 Å². The van der Waals surface area contributed by atoms with Crippen LogP contribution in [0.25, 0.3) is 0 Å². The summed E-state index contributed by atoms with van der Waals surface area (Å²) in [7, 11) is 0. The number of halogens is 1. The van der Waals surface area contributed by atoms with Gasteiger partial charge >= 0.3 is 0 Å². The van der Waals surface area contributed by atoms with Gasteiger partial charge in [-0.25, -0.2) is 0 Å². The summed E-state index contributed by atoms with van der Waals surface area (Å²) in [5.74, 6) is 0.110. The highest BCUT2D eigenvalue weighted by Crippen LogP contribution is 2.34. The molecule has 5 nitrogen and oxygen atoms in total. The number of rotatable bonds is 4. The molecule has 2 amide bonds. The molecule has 1 N–H and O–H groups in total. The predicted molar refractivity (Wildman–Crippen MR) is 97.3 cm³/mol. The normalized spacial score (nSPS) is 15.9. The maximum atomic E-state index is 13.0. The van der Waals surface area contributed by atoms with Crippen molar-refractivity contribution in [3.63, 3.8) is 0 Å². The zero-order valence-corrected chi connectivity index (χ0v) is 14.6. The summed E-state index contributed by atoms with van der Waals surface area (Å²) in [6.07, 6.45) is 0.0975. The molecule has 3 rings (SSSR count). The van der Waals surface area contributed by atoms with Gasteiger partial charge in [-0.2, -0.15) is 0 Å². The van der Waals surface area contributed by atoms with E-state index in [9.17, 15) is 9.59 Å². The lowest BCUT2D eigenvalue weighted by atomic mass is 10.1. The molecule has 0 saturated heterocycles. The minimum absolute atomic E-state index is 0.161. The van der Waals surface area contributed by atoms with E-state index in [2.05, 4.69) is 5.32 Å². The number of carbonyl (C=O) groups is 2. The molecule has 0 bridgehead atoms. The van der Waals surface area contributed by atoms with Crippen LogP contribution in [0.5, 0.6) is 5.75 Å². The van der Waals surface area contributed by atoms with Crippen LogP contribution in [0.3, 0.4) is 0 Å². The Bertz CT molecular complexity index is 776. The molecule has 0 radical (unpaired) electrons. The summed E-state index contributed by atoms with van der Waals surface area (Å²) in [4.78, 5) is 26.9. The number of amides is 2. The second-order valence-corrected chi connectivity index (χ2v) is 6.22. The van der Waals surface area contributed by atoms with Gasteiger partial charge in [0, 0.05) is 17.1 Å². The number of nitrogens with zero attached hydrogens (tertiary/aromatic N) is 1. The smallest absolute Gasteiger partial charge is 0.262 e. The monoisotopic (exact) mass is 358 g/mol. The van der Waals surface area contributed by atoms with Gasteiger partial charge in [-0.3, -0.25) is 9.59 Å². The first-order valence-corrected chi connectivity index (χ1v) is 8.58. The number of hydrogen-bond acceptors (Lipinski definition) is 3. The Hall–Kier alpha value is -2.53. The molecule has 130 valence electrons. The van der Waals surface area contributed by atoms with E-state index in [1.54, 1.807) is 35.2 Å². The van der Waals surface area contributed by atoms with Gasteiger partial charge in [0.2, 0.25) is 0 Å². The summed E-state index contributed by atoms with van der Waals surface area (Å²) in [5.41, 5.74) is 1.16. The van der Waals surface area contributed by atoms with Gasteiger partial charge < -0.3 is 15.0 Å². The van der Waals surface area contributed by atoms with Crippen LogP contribution in [0.15, 0.2) is 48.5 Å². The zero-order valence-electron chi connectivity index (χ0n) is 13.9. The van der Waals surface area contributed by atoms with E-state index >= 15 is 0 Å². The van der Waals surface area contributed by atoms with E-state index in [0.29, 0.717) is 28.6 Å². The molecule has 0 aromatic heterocycles. The van der Waals surface area contributed by atoms with E-state index in [-0.39, 0.29) is 18.4 Å². The van der Waals surface area contributed by atoms with Gasteiger partial charge in [-0.1, -0.05) is 30.7 Å². The molecule has 1 aliphatic heterocycles. The summed E-state index contributed by atoms with van der Waals surface area (Å²) in [6, 6.07) is 13.9. The van der Waals surface area contributed by atoms with E-state index in [4.69, 9.17) is 16.3 Å². The van der Waals surface area contributed by atoms with Crippen molar-refractivity contribution in [3.8, 4) is 5.75 Å². The van der Waals surface area contributed by atoms with E-state index in [0.717, 1.165) is 6.42 Å². The van der Waals surface area contributed by atoms with Crippen molar-refractivity contribution in [2.45, 2.75) is 19.4 Å². The van der Waals surface area contributed by atoms with Crippen LogP contribution in [0.2, 0.25) is 5.02 Å². The molecule has 1 atom stereocenters. The van der Waals surface area contributed by atoms with Gasteiger partial charge in [0.15, 0.2) is 6.10 Å². The molecular weight excluding hydrogens is 340 g/mol. The number of anilines is 1. The summed E-state index contributed by atoms with van der Waals surface area (Å²) < 4.78 is 5.80. The molecule has 0 fully saturated rings. The molecule has 0 unspecified atom stereocenters. The first-order valence-electron chi connectivity index (χ1n) is 8.21. The SMILES string of the molecule is CCCNC(=O)[C@H]1CN(C(=O)c2ccc(Cl)cc2)c2ccccc2O1. The van der Waals surface area contributed by atoms with Crippen molar-refractivity contribution in [1.29, 1.82) is 0 Å². The molecule has 2 aromatic carbocycles. The molecule has 6 heteroatoms. The molecule has 25 heavy (non-hydrogen) atoms. The second kappa shape index (κ2) is 7.57. The first kappa shape index (κ1) is 17.3. The molecule has 0 aliphatic carbocycles. The number of ether oxygens (including phenoxy) is 1. The quantitative estimate of drug-likeness (QED) is 0.912. The van der Waals surface area contributed by atoms with Crippen LogP contribution in [0, 0.1) is 0 Å². The van der Waals surface area contributed by atoms with Crippen molar-refractivity contribution >= 4 is 29.1 Å². The van der Waals surface area contributed by atoms with Crippen LogP contribution >= 0.6 is 11.6 Å². The summed E-state index contributed by atoms with van der Waals surface area (Å²) >= 11 is 5.90. The van der Waals surface area contributed by atoms with E-state index in [1.807, 2.05) is 25.1 Å². The number of nitrogens with one attached hydrogen (secondary N) is 1. The van der Waals surface area contributed by atoms with Crippen LogP contribution in [0.4, 0.5) is 5.69 Å². The summed E-state index contributed by atoms with van der Waals surface area (Å²) in [5, 5.41) is 3.39. The number of fused-ring (bicyclic) bond motifs is 1. The Morgan fingerprint density at radius 2 is 1.92 bits per heavy atom. The van der Waals surface area contributed by atoms with E-state index in [1.165, 1.54) is 0 Å². The topological polar surface area (TPSA) is 58.6 Å². The number of benzene rings is 2. The lowest BCUT2D eigenvalue weighted by molar-refractivity contribution is -0.127. The number of carbonyl (C=O) groups excluding carboxylic acids is 2. The van der Waals surface area contributed by atoms with Crippen molar-refractivity contribution in [1.82, 2.24) is 5.32 Å². The molecule has 1 aliphatic rings. The summed E-state index contributed by atoms with van der Waals surface area (Å²) in [6.45, 7) is 2.72. The second-order valence-electron chi connectivity index (χ2n) is 5.79. The Balaban J connectivity index is 1.89. The van der Waals surface area contributed by atoms with Crippen LogP contribution in [0.1, 0.15) is 23.7 Å². The van der Waals surface area contributed by atoms with Crippen molar-refractivity contribution in [2.75, 3.05) is 18.0 Å². The van der Waals surface area contributed by atoms with Gasteiger partial charge in [0.25, 0.3) is 11.8 Å². The average Bonchev–Trinajstić information content (AvgIpc) is 2.65. The van der Waals surface area contributed by atoms with Gasteiger partial charge in [-0.15, -0.1) is 0 Å². The minimum atomic E-state index is -0.738. The fourth-order valence-corrected chi connectivity index (χ4v) is 2.80. The Morgan fingerprint density at radius 3 is 2.64 bits per heavy atom. The molecule has 1 heterocycles. The maximum Gasteiger partial charge on any atom is 0.262 e. The highest BCUT2D eigenvalue weighted by Gasteiger charge is 2.33. The highest BCUT2D eigenvalue weighted by molar-refractivity contribution is 6.30. The Morgan fingerprint density at radius 1 is 1.20 bits per heavy atom. The fourth-order valence-electron chi connectivity index (χ4n) is 2.67. The minimum Gasteiger partial charge on any atom is -0.477 e. The molecule has 0 saturated carbocycles. The van der Waals surface area contributed by atoms with Crippen molar-refractivity contribution in [2.24, 2.45) is 0 Å². The highest BCUT2D eigenvalue weighted by atomic mass is 35.5. The van der Waals surface area contributed by atoms with Crippen molar-refractivity contribution in [3.05, 3.63) is 59.1 Å². The maximum absolute atomic E-state index is 13.0. The van der Waals surface area contributed by atoms with Crippen LogP contribution in [-0.2, 0) is 4.79 Å². The third-order valence-corrected chi connectivity index (χ3v) is 4.20. The lowest BCUT2D eigenvalue weighted by Gasteiger charge is -2.34. The predicted octanol–water partition coefficient (Wildman–Crippen LogP) is 3.27. The van der Waals surface area contributed by atoms with E-state index < -0.39 is 6.10 Å². The lowest BCUT2D eigenvalue weighted by Crippen LogP contribution is -2.50.